The summed E-state index contributed by atoms with van der Waals surface area (Å²) >= 11 is 0. The summed E-state index contributed by atoms with van der Waals surface area (Å²) in [5.41, 5.74) is 17.2. The molecule has 0 heterocycles. The van der Waals surface area contributed by atoms with Crippen LogP contribution in [0.4, 0.5) is 0 Å². The zero-order chi connectivity index (χ0) is 29.8. The maximum absolute atomic E-state index is 2.49. The third kappa shape index (κ3) is 3.85. The van der Waals surface area contributed by atoms with E-state index in [9.17, 15) is 0 Å². The molecule has 0 atom stereocenters. The van der Waals surface area contributed by atoms with Gasteiger partial charge in [0.05, 0.1) is 5.41 Å². The van der Waals surface area contributed by atoms with E-state index in [1.807, 2.05) is 0 Å². The lowest BCUT2D eigenvalue weighted by atomic mass is 9.63. The smallest absolute Gasteiger partial charge is 0.0622 e. The number of fused-ring (bicyclic) bond motifs is 6. The van der Waals surface area contributed by atoms with Crippen molar-refractivity contribution in [2.75, 3.05) is 0 Å². The molecule has 212 valence electrons. The molecule has 2 aliphatic carbocycles. The quantitative estimate of drug-likeness (QED) is 0.180. The summed E-state index contributed by atoms with van der Waals surface area (Å²) in [5.74, 6) is 0.243. The van der Waals surface area contributed by atoms with E-state index in [4.69, 9.17) is 0 Å². The van der Waals surface area contributed by atoms with Gasteiger partial charge in [0.1, 0.15) is 0 Å². The molecule has 0 nitrogen and oxygen atoms in total. The van der Waals surface area contributed by atoms with Crippen LogP contribution in [0.2, 0.25) is 0 Å². The predicted octanol–water partition coefficient (Wildman–Crippen LogP) is 10.8. The van der Waals surface area contributed by atoms with Crippen molar-refractivity contribution in [1.29, 1.82) is 0 Å². The van der Waals surface area contributed by atoms with Crippen LogP contribution in [0, 0.1) is 0 Å². The molecule has 0 saturated carbocycles. The average Bonchev–Trinajstić information content (AvgIpc) is 3.66. The van der Waals surface area contributed by atoms with Crippen LogP contribution in [-0.4, -0.2) is 0 Å². The van der Waals surface area contributed by atoms with Crippen molar-refractivity contribution in [2.45, 2.75) is 17.8 Å². The fourth-order valence-corrected chi connectivity index (χ4v) is 8.30. The van der Waals surface area contributed by atoms with Crippen LogP contribution in [0.3, 0.4) is 0 Å². The van der Waals surface area contributed by atoms with Crippen LogP contribution >= 0.6 is 0 Å². The van der Waals surface area contributed by atoms with Crippen LogP contribution in [-0.2, 0) is 11.8 Å². The molecule has 0 bridgehead atoms. The van der Waals surface area contributed by atoms with Gasteiger partial charge < -0.3 is 0 Å². The molecule has 0 spiro atoms. The molecule has 0 unspecified atom stereocenters. The fraction of sp³-hybridized carbons (Fsp3) is 0.0667. The van der Waals surface area contributed by atoms with Gasteiger partial charge in [-0.25, -0.2) is 0 Å². The number of rotatable bonds is 5. The molecule has 2 aliphatic rings. The molecule has 0 aliphatic heterocycles. The first-order valence-corrected chi connectivity index (χ1v) is 15.9. The molecule has 0 fully saturated rings. The maximum Gasteiger partial charge on any atom is 0.0704 e. The lowest BCUT2D eigenvalue weighted by Gasteiger charge is -2.38. The van der Waals surface area contributed by atoms with Crippen molar-refractivity contribution in [3.05, 3.63) is 226 Å². The van der Waals surface area contributed by atoms with E-state index in [-0.39, 0.29) is 5.92 Å². The van der Waals surface area contributed by atoms with E-state index < -0.39 is 5.41 Å². The minimum Gasteiger partial charge on any atom is -0.0622 e. The Morgan fingerprint density at radius 2 is 0.889 bits per heavy atom. The van der Waals surface area contributed by atoms with Gasteiger partial charge >= 0.3 is 0 Å². The second-order valence-corrected chi connectivity index (χ2v) is 12.4. The zero-order valence-electron chi connectivity index (χ0n) is 25.0. The fourth-order valence-electron chi connectivity index (χ4n) is 8.30. The summed E-state index contributed by atoms with van der Waals surface area (Å²) in [6.45, 7) is 0. The molecular weight excluding hydrogens is 540 g/mol. The van der Waals surface area contributed by atoms with Crippen molar-refractivity contribution in [1.82, 2.24) is 0 Å². The summed E-state index contributed by atoms with van der Waals surface area (Å²) in [6, 6.07) is 65.4. The van der Waals surface area contributed by atoms with Gasteiger partial charge in [-0.2, -0.15) is 0 Å². The first-order valence-electron chi connectivity index (χ1n) is 15.9. The minimum atomic E-state index is -0.455. The molecule has 7 aromatic rings. The second kappa shape index (κ2) is 10.3. The van der Waals surface area contributed by atoms with Crippen molar-refractivity contribution < 1.29 is 0 Å². The van der Waals surface area contributed by atoms with Crippen molar-refractivity contribution in [3.8, 4) is 22.3 Å². The monoisotopic (exact) mass is 572 g/mol. The van der Waals surface area contributed by atoms with E-state index in [2.05, 4.69) is 176 Å². The lowest BCUT2D eigenvalue weighted by Crippen LogP contribution is -2.32. The predicted molar refractivity (Wildman–Crippen MR) is 186 cm³/mol. The van der Waals surface area contributed by atoms with Crippen LogP contribution in [0.1, 0.15) is 56.0 Å². The van der Waals surface area contributed by atoms with E-state index in [0.29, 0.717) is 0 Å². The SMILES string of the molecule is c1ccc(C(c2ccccc2)(c2ccccc2)c2cccc3c2Cc2ccc(C4c5ccccc5-c5ccccc54)cc2-3)cc1. The molecule has 0 heteroatoms. The lowest BCUT2D eigenvalue weighted by molar-refractivity contribution is 0.736. The molecule has 0 N–H and O–H groups in total. The topological polar surface area (TPSA) is 0 Å². The first-order chi connectivity index (χ1) is 22.3. The van der Waals surface area contributed by atoms with Gasteiger partial charge in [-0.3, -0.25) is 0 Å². The van der Waals surface area contributed by atoms with Crippen molar-refractivity contribution in [3.63, 3.8) is 0 Å². The third-order valence-electron chi connectivity index (χ3n) is 10.2. The normalized spacial score (nSPS) is 13.2. The summed E-state index contributed by atoms with van der Waals surface area (Å²) < 4.78 is 0. The Labute approximate surface area is 265 Å². The van der Waals surface area contributed by atoms with Gasteiger partial charge in [-0.05, 0) is 84.8 Å². The molecule has 7 aromatic carbocycles. The van der Waals surface area contributed by atoms with Gasteiger partial charge in [-0.15, -0.1) is 0 Å². The minimum absolute atomic E-state index is 0.243. The van der Waals surface area contributed by atoms with Crippen LogP contribution in [0.25, 0.3) is 22.3 Å². The van der Waals surface area contributed by atoms with E-state index >= 15 is 0 Å². The Morgan fingerprint density at radius 1 is 0.400 bits per heavy atom. The van der Waals surface area contributed by atoms with Crippen LogP contribution in [0.5, 0.6) is 0 Å². The van der Waals surface area contributed by atoms with E-state index in [1.54, 1.807) is 0 Å². The van der Waals surface area contributed by atoms with Gasteiger partial charge in [0, 0.05) is 5.92 Å². The van der Waals surface area contributed by atoms with Crippen molar-refractivity contribution >= 4 is 0 Å². The highest BCUT2D eigenvalue weighted by atomic mass is 14.4. The summed E-state index contributed by atoms with van der Waals surface area (Å²) in [4.78, 5) is 0. The Balaban J connectivity index is 1.27. The largest absolute Gasteiger partial charge is 0.0704 e. The Morgan fingerprint density at radius 3 is 1.44 bits per heavy atom. The van der Waals surface area contributed by atoms with Gasteiger partial charge in [0.15, 0.2) is 0 Å². The summed E-state index contributed by atoms with van der Waals surface area (Å²) in [5, 5.41) is 0. The van der Waals surface area contributed by atoms with Gasteiger partial charge in [0.25, 0.3) is 0 Å². The third-order valence-corrected chi connectivity index (χ3v) is 10.2. The van der Waals surface area contributed by atoms with Crippen LogP contribution in [0.15, 0.2) is 176 Å². The number of hydrogen-bond acceptors (Lipinski definition) is 0. The second-order valence-electron chi connectivity index (χ2n) is 12.4. The molecular formula is C45H32. The first kappa shape index (κ1) is 26.0. The highest BCUT2D eigenvalue weighted by molar-refractivity contribution is 5.84. The molecule has 0 saturated heterocycles. The Hall–Kier alpha value is -5.46. The summed E-state index contributed by atoms with van der Waals surface area (Å²) in [7, 11) is 0. The molecule has 45 heavy (non-hydrogen) atoms. The Kier molecular flexibility index (Phi) is 5.96. The standard InChI is InChI=1S/C45H32/c1-4-15-33(16-5-1)45(34-17-6-2-7-18-34,35-19-8-3-9-20-35)43-26-14-25-38-41-30-32(28-27-31(41)29-42(38)43)44-39-23-12-10-21-36(39)37-22-11-13-24-40(37)44/h1-28,30,44H,29H2. The van der Waals surface area contributed by atoms with Crippen LogP contribution < -0.4 is 0 Å². The molecule has 0 radical (unpaired) electrons. The number of benzene rings is 7. The molecule has 0 amide bonds. The Bertz CT molecular complexity index is 2030. The van der Waals surface area contributed by atoms with Gasteiger partial charge in [-0.1, -0.05) is 170 Å². The van der Waals surface area contributed by atoms with Gasteiger partial charge in [0.2, 0.25) is 0 Å². The maximum atomic E-state index is 2.49. The molecule has 9 rings (SSSR count). The molecule has 0 aromatic heterocycles. The highest BCUT2D eigenvalue weighted by Crippen LogP contribution is 2.52. The average molecular weight is 573 g/mol. The highest BCUT2D eigenvalue weighted by Gasteiger charge is 2.41. The zero-order valence-corrected chi connectivity index (χ0v) is 25.0. The van der Waals surface area contributed by atoms with E-state index in [1.165, 1.54) is 72.3 Å². The van der Waals surface area contributed by atoms with Crippen molar-refractivity contribution in [2.24, 2.45) is 0 Å². The van der Waals surface area contributed by atoms with E-state index in [0.717, 1.165) is 6.42 Å². The number of hydrogen-bond donors (Lipinski definition) is 0. The summed E-state index contributed by atoms with van der Waals surface area (Å²) in [6.07, 6.45) is 0.924.